The molecule has 0 heterocycles. The molecule has 0 bridgehead atoms. The molecule has 7 nitrogen and oxygen atoms in total. The zero-order chi connectivity index (χ0) is 19.9. The summed E-state index contributed by atoms with van der Waals surface area (Å²) in [5, 5.41) is 0. The number of methoxy groups -OCH3 is 1. The Kier molecular flexibility index (Phi) is 4.53. The van der Waals surface area contributed by atoms with E-state index in [2.05, 4.69) is 0 Å². The Morgan fingerprint density at radius 2 is 1.48 bits per heavy atom. The Morgan fingerprint density at radius 3 is 2.07 bits per heavy atom. The number of benzene rings is 2. The molecule has 7 heteroatoms. The zero-order valence-corrected chi connectivity index (χ0v) is 15.2. The van der Waals surface area contributed by atoms with Crippen LogP contribution in [0, 0.1) is 6.92 Å². The molecule has 27 heavy (non-hydrogen) atoms. The first-order chi connectivity index (χ1) is 12.8. The Labute approximate surface area is 154 Å². The average Bonchev–Trinajstić information content (AvgIpc) is 2.58. The molecule has 0 aromatic heterocycles. The molecule has 0 unspecified atom stereocenters. The highest BCUT2D eigenvalue weighted by Gasteiger charge is 2.38. The molecule has 0 spiro atoms. The molecule has 1 aliphatic rings. The number of hydrogen-bond donors (Lipinski definition) is 0. The van der Waals surface area contributed by atoms with Gasteiger partial charge in [-0.15, -0.1) is 0 Å². The van der Waals surface area contributed by atoms with Crippen LogP contribution in [0.15, 0.2) is 24.3 Å². The number of carbonyl (C=O) groups excluding carboxylic acids is 4. The molecule has 0 saturated carbocycles. The third kappa shape index (κ3) is 2.97. The number of esters is 2. The summed E-state index contributed by atoms with van der Waals surface area (Å²) >= 11 is 0. The third-order valence-corrected chi connectivity index (χ3v) is 4.09. The molecule has 0 aliphatic heterocycles. The Balaban J connectivity index is 2.35. The second-order valence-corrected chi connectivity index (χ2v) is 6.00. The summed E-state index contributed by atoms with van der Waals surface area (Å²) in [7, 11) is 1.39. The SMILES string of the molecule is COc1c(C)cc(OC(C)=O)c2c1C(=O)c1cccc(OC(C)=O)c1C2=O. The minimum Gasteiger partial charge on any atom is -0.496 e. The fourth-order valence-corrected chi connectivity index (χ4v) is 3.16. The van der Waals surface area contributed by atoms with Crippen molar-refractivity contribution in [3.05, 3.63) is 52.1 Å². The molecule has 0 saturated heterocycles. The summed E-state index contributed by atoms with van der Waals surface area (Å²) < 4.78 is 15.6. The fraction of sp³-hybridized carbons (Fsp3) is 0.200. The Morgan fingerprint density at radius 1 is 0.852 bits per heavy atom. The van der Waals surface area contributed by atoms with E-state index in [9.17, 15) is 19.2 Å². The average molecular weight is 368 g/mol. The van der Waals surface area contributed by atoms with Gasteiger partial charge in [0.05, 0.1) is 23.8 Å². The summed E-state index contributed by atoms with van der Waals surface area (Å²) in [6.45, 7) is 4.06. The molecule has 3 rings (SSSR count). The highest BCUT2D eigenvalue weighted by Crippen LogP contribution is 2.42. The van der Waals surface area contributed by atoms with Gasteiger partial charge in [0.25, 0.3) is 0 Å². The maximum Gasteiger partial charge on any atom is 0.308 e. The third-order valence-electron chi connectivity index (χ3n) is 4.09. The van der Waals surface area contributed by atoms with E-state index < -0.39 is 23.5 Å². The van der Waals surface area contributed by atoms with Crippen molar-refractivity contribution in [2.75, 3.05) is 7.11 Å². The van der Waals surface area contributed by atoms with Crippen molar-refractivity contribution in [2.24, 2.45) is 0 Å². The predicted molar refractivity (Wildman–Crippen MR) is 93.7 cm³/mol. The van der Waals surface area contributed by atoms with Crippen LogP contribution in [0.5, 0.6) is 17.2 Å². The summed E-state index contributed by atoms with van der Waals surface area (Å²) in [5.74, 6) is -2.19. The highest BCUT2D eigenvalue weighted by molar-refractivity contribution is 6.31. The maximum atomic E-state index is 13.2. The van der Waals surface area contributed by atoms with Crippen LogP contribution in [0.3, 0.4) is 0 Å². The second-order valence-electron chi connectivity index (χ2n) is 6.00. The van der Waals surface area contributed by atoms with Gasteiger partial charge in [0.2, 0.25) is 5.78 Å². The van der Waals surface area contributed by atoms with Crippen LogP contribution < -0.4 is 14.2 Å². The van der Waals surface area contributed by atoms with Gasteiger partial charge in [-0.05, 0) is 24.6 Å². The quantitative estimate of drug-likeness (QED) is 0.518. The van der Waals surface area contributed by atoms with E-state index in [1.165, 1.54) is 45.2 Å². The van der Waals surface area contributed by atoms with Gasteiger partial charge in [0.1, 0.15) is 17.2 Å². The molecule has 0 radical (unpaired) electrons. The first-order valence-electron chi connectivity index (χ1n) is 8.07. The molecule has 2 aromatic rings. The predicted octanol–water partition coefficient (Wildman–Crippen LogP) is 2.63. The number of fused-ring (bicyclic) bond motifs is 2. The van der Waals surface area contributed by atoms with E-state index >= 15 is 0 Å². The molecule has 0 N–H and O–H groups in total. The van der Waals surface area contributed by atoms with E-state index in [1.807, 2.05) is 0 Å². The Bertz CT molecular complexity index is 1020. The summed E-state index contributed by atoms with van der Waals surface area (Å²) in [6.07, 6.45) is 0. The van der Waals surface area contributed by atoms with Crippen molar-refractivity contribution < 1.29 is 33.4 Å². The number of rotatable bonds is 3. The van der Waals surface area contributed by atoms with E-state index in [-0.39, 0.29) is 39.5 Å². The van der Waals surface area contributed by atoms with Crippen molar-refractivity contribution in [2.45, 2.75) is 20.8 Å². The van der Waals surface area contributed by atoms with E-state index in [0.717, 1.165) is 0 Å². The van der Waals surface area contributed by atoms with Gasteiger partial charge in [-0.3, -0.25) is 19.2 Å². The van der Waals surface area contributed by atoms with Crippen molar-refractivity contribution in [3.63, 3.8) is 0 Å². The topological polar surface area (TPSA) is 96.0 Å². The van der Waals surface area contributed by atoms with Gasteiger partial charge < -0.3 is 14.2 Å². The number of aryl methyl sites for hydroxylation is 1. The van der Waals surface area contributed by atoms with Crippen molar-refractivity contribution in [1.29, 1.82) is 0 Å². The summed E-state index contributed by atoms with van der Waals surface area (Å²) in [6, 6.07) is 5.87. The van der Waals surface area contributed by atoms with Crippen molar-refractivity contribution >= 4 is 23.5 Å². The molecule has 1 aliphatic carbocycles. The van der Waals surface area contributed by atoms with E-state index in [0.29, 0.717) is 5.56 Å². The van der Waals surface area contributed by atoms with Gasteiger partial charge in [-0.1, -0.05) is 12.1 Å². The van der Waals surface area contributed by atoms with Gasteiger partial charge in [0.15, 0.2) is 5.78 Å². The van der Waals surface area contributed by atoms with Crippen molar-refractivity contribution in [1.82, 2.24) is 0 Å². The summed E-state index contributed by atoms with van der Waals surface area (Å²) in [5.41, 5.74) is 0.498. The minimum atomic E-state index is -0.638. The first kappa shape index (κ1) is 18.3. The van der Waals surface area contributed by atoms with Crippen molar-refractivity contribution in [3.8, 4) is 17.2 Å². The number of ketones is 2. The molecule has 0 atom stereocenters. The fourth-order valence-electron chi connectivity index (χ4n) is 3.16. The van der Waals surface area contributed by atoms with Crippen LogP contribution in [0.2, 0.25) is 0 Å². The standard InChI is InChI=1S/C20H16O7/c1-9-8-14(27-11(3)22)16-17(20(9)25-4)18(23)12-6-5-7-13(26-10(2)21)15(12)19(16)24/h5-8H,1-4H3. The second kappa shape index (κ2) is 6.68. The van der Waals surface area contributed by atoms with Crippen LogP contribution in [0.25, 0.3) is 0 Å². The number of ether oxygens (including phenoxy) is 3. The normalized spacial score (nSPS) is 12.1. The minimum absolute atomic E-state index is 0.0197. The molecule has 138 valence electrons. The van der Waals surface area contributed by atoms with Crippen LogP contribution in [0.4, 0.5) is 0 Å². The maximum absolute atomic E-state index is 13.2. The number of hydrogen-bond acceptors (Lipinski definition) is 7. The van der Waals surface area contributed by atoms with Gasteiger partial charge in [-0.2, -0.15) is 0 Å². The lowest BCUT2D eigenvalue weighted by Crippen LogP contribution is -2.25. The first-order valence-corrected chi connectivity index (χ1v) is 8.07. The van der Waals surface area contributed by atoms with Crippen LogP contribution in [-0.2, 0) is 9.59 Å². The zero-order valence-electron chi connectivity index (χ0n) is 15.2. The Hall–Kier alpha value is -3.48. The largest absolute Gasteiger partial charge is 0.496 e. The van der Waals surface area contributed by atoms with Gasteiger partial charge in [0, 0.05) is 19.4 Å². The molecular weight excluding hydrogens is 352 g/mol. The lowest BCUT2D eigenvalue weighted by molar-refractivity contribution is -0.132. The van der Waals surface area contributed by atoms with E-state index in [1.54, 1.807) is 6.92 Å². The van der Waals surface area contributed by atoms with Gasteiger partial charge >= 0.3 is 11.9 Å². The highest BCUT2D eigenvalue weighted by atomic mass is 16.5. The number of carbonyl (C=O) groups is 4. The summed E-state index contributed by atoms with van der Waals surface area (Å²) in [4.78, 5) is 49.3. The van der Waals surface area contributed by atoms with Crippen LogP contribution in [-0.4, -0.2) is 30.6 Å². The van der Waals surface area contributed by atoms with Gasteiger partial charge in [-0.25, -0.2) is 0 Å². The molecule has 2 aromatic carbocycles. The molecular formula is C20H16O7. The smallest absolute Gasteiger partial charge is 0.308 e. The lowest BCUT2D eigenvalue weighted by Gasteiger charge is -2.24. The lowest BCUT2D eigenvalue weighted by atomic mass is 9.81. The molecule has 0 fully saturated rings. The monoisotopic (exact) mass is 368 g/mol. The molecule has 0 amide bonds. The van der Waals surface area contributed by atoms with E-state index in [4.69, 9.17) is 14.2 Å². The van der Waals surface area contributed by atoms with Crippen LogP contribution in [0.1, 0.15) is 51.3 Å². The van der Waals surface area contributed by atoms with Crippen LogP contribution >= 0.6 is 0 Å².